The zero-order valence-electron chi connectivity index (χ0n) is 66.4. The van der Waals surface area contributed by atoms with Crippen molar-refractivity contribution < 1.29 is 80.2 Å². The molecule has 0 aromatic rings. The number of rotatable bonds is 80. The van der Waals surface area contributed by atoms with Crippen LogP contribution in [0.5, 0.6) is 0 Å². The first-order chi connectivity index (χ1) is 48.8. The molecule has 6 atom stereocenters. The second-order valence-electron chi connectivity index (χ2n) is 30.7. The lowest BCUT2D eigenvalue weighted by atomic mass is 9.99. The average molecular weight is 1480 g/mol. The Morgan fingerprint density at radius 2 is 0.505 bits per heavy atom. The maximum atomic E-state index is 13.1. The number of carbonyl (C=O) groups excluding carboxylic acids is 4. The Balaban J connectivity index is 5.20. The number of carbonyl (C=O) groups is 4. The molecule has 0 aliphatic carbocycles. The van der Waals surface area contributed by atoms with Gasteiger partial charge in [-0.3, -0.25) is 37.3 Å². The molecule has 0 aromatic heterocycles. The number of phosphoric ester groups is 2. The quantitative estimate of drug-likeness (QED) is 0.0222. The smallest absolute Gasteiger partial charge is 0.462 e. The number of aliphatic hydroxyl groups excluding tert-OH is 1. The predicted molar refractivity (Wildman–Crippen MR) is 414 cm³/mol. The van der Waals surface area contributed by atoms with Crippen LogP contribution < -0.4 is 0 Å². The molecule has 0 radical (unpaired) electrons. The van der Waals surface area contributed by atoms with E-state index in [1.54, 1.807) is 0 Å². The number of hydrogen-bond donors (Lipinski definition) is 3. The number of hydrogen-bond acceptors (Lipinski definition) is 15. The summed E-state index contributed by atoms with van der Waals surface area (Å²) < 4.78 is 68.7. The van der Waals surface area contributed by atoms with E-state index in [9.17, 15) is 43.2 Å². The first kappa shape index (κ1) is 99.1. The number of aliphatic hydroxyl groups is 1. The highest BCUT2D eigenvalue weighted by molar-refractivity contribution is 7.47. The molecule has 0 heterocycles. The van der Waals surface area contributed by atoms with Gasteiger partial charge in [-0.05, 0) is 43.4 Å². The highest BCUT2D eigenvalue weighted by Crippen LogP contribution is 2.45. The van der Waals surface area contributed by atoms with E-state index in [1.165, 1.54) is 231 Å². The summed E-state index contributed by atoms with van der Waals surface area (Å²) in [4.78, 5) is 73.0. The van der Waals surface area contributed by atoms with Gasteiger partial charge in [0, 0.05) is 25.7 Å². The summed E-state index contributed by atoms with van der Waals surface area (Å²) in [5, 5.41) is 10.6. The first-order valence-corrected chi connectivity index (χ1v) is 45.4. The van der Waals surface area contributed by atoms with Gasteiger partial charge >= 0.3 is 39.5 Å². The molecule has 0 rings (SSSR count). The number of ether oxygens (including phenoxy) is 4. The summed E-state index contributed by atoms with van der Waals surface area (Å²) in [5.41, 5.74) is 0. The Morgan fingerprint density at radius 3 is 0.752 bits per heavy atom. The van der Waals surface area contributed by atoms with Gasteiger partial charge < -0.3 is 33.8 Å². The van der Waals surface area contributed by atoms with Gasteiger partial charge in [0.2, 0.25) is 0 Å². The molecule has 17 nitrogen and oxygen atoms in total. The van der Waals surface area contributed by atoms with Crippen LogP contribution in [0.4, 0.5) is 0 Å². The molecule has 0 bridgehead atoms. The molecular weight excluding hydrogens is 1320 g/mol. The lowest BCUT2D eigenvalue weighted by Crippen LogP contribution is -2.30. The van der Waals surface area contributed by atoms with Gasteiger partial charge in [0.15, 0.2) is 12.2 Å². The summed E-state index contributed by atoms with van der Waals surface area (Å²) in [6, 6.07) is 0. The monoisotopic (exact) mass is 1480 g/mol. The minimum Gasteiger partial charge on any atom is -0.462 e. The second-order valence-corrected chi connectivity index (χ2v) is 33.6. The Bertz CT molecular complexity index is 1960. The van der Waals surface area contributed by atoms with E-state index in [2.05, 4.69) is 48.5 Å². The van der Waals surface area contributed by atoms with E-state index in [1.807, 2.05) is 0 Å². The minimum absolute atomic E-state index is 0.106. The molecule has 0 aliphatic heterocycles. The zero-order valence-corrected chi connectivity index (χ0v) is 68.2. The zero-order chi connectivity index (χ0) is 74.4. The van der Waals surface area contributed by atoms with Crippen molar-refractivity contribution in [2.75, 3.05) is 39.6 Å². The maximum Gasteiger partial charge on any atom is 0.472 e. The summed E-state index contributed by atoms with van der Waals surface area (Å²) in [7, 11) is -9.92. The lowest BCUT2D eigenvalue weighted by molar-refractivity contribution is -0.161. The van der Waals surface area contributed by atoms with Crippen molar-refractivity contribution in [3.63, 3.8) is 0 Å². The SMILES string of the molecule is CCCCCCCCCCC(=O)OC[C@H](COP(=O)(O)OC[C@H](O)COP(=O)(O)OC[C@@H](COC(=O)CCCCCCCCCCCCCCCCCC(C)C)OC(=O)CCCCCCCCCCCCCCCCCCCCC(C)C)OC(=O)CCCCCCCCCCCCC(C)CC. The van der Waals surface area contributed by atoms with E-state index in [0.717, 1.165) is 114 Å². The molecule has 600 valence electrons. The second kappa shape index (κ2) is 72.3. The molecule has 0 aromatic carbocycles. The highest BCUT2D eigenvalue weighted by atomic mass is 31.2. The third kappa shape index (κ3) is 74.7. The summed E-state index contributed by atoms with van der Waals surface area (Å²) in [5.74, 6) is 0.318. The number of esters is 4. The van der Waals surface area contributed by atoms with Crippen molar-refractivity contribution in [1.82, 2.24) is 0 Å². The van der Waals surface area contributed by atoms with Crippen LogP contribution in [0, 0.1) is 17.8 Å². The number of unbranched alkanes of at least 4 members (excludes halogenated alkanes) is 47. The van der Waals surface area contributed by atoms with Gasteiger partial charge in [-0.15, -0.1) is 0 Å². The highest BCUT2D eigenvalue weighted by Gasteiger charge is 2.30. The topological polar surface area (TPSA) is 237 Å². The van der Waals surface area contributed by atoms with Crippen LogP contribution in [0.25, 0.3) is 0 Å². The van der Waals surface area contributed by atoms with Crippen LogP contribution in [0.3, 0.4) is 0 Å². The van der Waals surface area contributed by atoms with E-state index in [4.69, 9.17) is 37.0 Å². The molecule has 19 heteroatoms. The first-order valence-electron chi connectivity index (χ1n) is 42.4. The molecule has 101 heavy (non-hydrogen) atoms. The van der Waals surface area contributed by atoms with Gasteiger partial charge in [0.25, 0.3) is 0 Å². The van der Waals surface area contributed by atoms with Crippen LogP contribution in [0.15, 0.2) is 0 Å². The van der Waals surface area contributed by atoms with Crippen LogP contribution >= 0.6 is 15.6 Å². The van der Waals surface area contributed by atoms with Gasteiger partial charge in [0.1, 0.15) is 19.3 Å². The third-order valence-corrected chi connectivity index (χ3v) is 21.4. The van der Waals surface area contributed by atoms with Crippen molar-refractivity contribution in [1.29, 1.82) is 0 Å². The Hall–Kier alpha value is -1.94. The average Bonchev–Trinajstić information content (AvgIpc) is 0.942. The molecule has 3 unspecified atom stereocenters. The fourth-order valence-electron chi connectivity index (χ4n) is 12.6. The summed E-state index contributed by atoms with van der Waals surface area (Å²) in [6.45, 7) is 12.0. The Kier molecular flexibility index (Phi) is 70.9. The van der Waals surface area contributed by atoms with E-state index < -0.39 is 97.5 Å². The van der Waals surface area contributed by atoms with Gasteiger partial charge in [-0.2, -0.15) is 0 Å². The van der Waals surface area contributed by atoms with E-state index in [0.29, 0.717) is 25.7 Å². The Morgan fingerprint density at radius 1 is 0.287 bits per heavy atom. The van der Waals surface area contributed by atoms with Crippen LogP contribution in [0.2, 0.25) is 0 Å². The normalized spacial score (nSPS) is 14.2. The van der Waals surface area contributed by atoms with Crippen molar-refractivity contribution in [2.24, 2.45) is 17.8 Å². The largest absolute Gasteiger partial charge is 0.472 e. The van der Waals surface area contributed by atoms with Gasteiger partial charge in [0.05, 0.1) is 26.4 Å². The van der Waals surface area contributed by atoms with Crippen LogP contribution in [-0.4, -0.2) is 96.7 Å². The predicted octanol–water partition coefficient (Wildman–Crippen LogP) is 24.5. The molecule has 0 amide bonds. The maximum absolute atomic E-state index is 13.1. The van der Waals surface area contributed by atoms with Crippen LogP contribution in [-0.2, 0) is 65.4 Å². The summed E-state index contributed by atoms with van der Waals surface area (Å²) in [6.07, 6.45) is 61.1. The van der Waals surface area contributed by atoms with Crippen molar-refractivity contribution >= 4 is 39.5 Å². The number of phosphoric acid groups is 2. The van der Waals surface area contributed by atoms with Crippen molar-refractivity contribution in [3.05, 3.63) is 0 Å². The Labute approximate surface area is 619 Å². The third-order valence-electron chi connectivity index (χ3n) is 19.5. The fraction of sp³-hybridized carbons (Fsp3) is 0.951. The molecule has 3 N–H and O–H groups in total. The van der Waals surface area contributed by atoms with Gasteiger partial charge in [-0.25, -0.2) is 9.13 Å². The molecule has 0 fully saturated rings. The van der Waals surface area contributed by atoms with E-state index in [-0.39, 0.29) is 25.7 Å². The molecular formula is C82H160O17P2. The molecule has 0 saturated heterocycles. The van der Waals surface area contributed by atoms with Crippen LogP contribution in [0.1, 0.15) is 427 Å². The molecule has 0 spiro atoms. The lowest BCUT2D eigenvalue weighted by Gasteiger charge is -2.21. The minimum atomic E-state index is -4.96. The standard InChI is InChI=1S/C82H160O17P2/c1-8-10-11-12-13-42-49-56-63-79(84)92-69-77(98-82(87)66-59-52-45-38-32-31-35-41-48-55-62-75(7)9-2)71-96-100(88,89)94-67-76(83)68-95-101(90,91)97-72-78(70-93-80(85)64-57-50-43-36-29-25-22-18-20-24-28-34-40-47-54-61-74(5)6)99-81(86)65-58-51-44-37-30-26-21-17-15-14-16-19-23-27-33-39-46-53-60-73(3)4/h73-78,83H,8-72H2,1-7H3,(H,88,89)(H,90,91)/t75?,76-,77+,78+/m0/s1. The van der Waals surface area contributed by atoms with Crippen molar-refractivity contribution in [2.45, 2.75) is 446 Å². The molecule has 0 aliphatic rings. The molecule has 0 saturated carbocycles. The van der Waals surface area contributed by atoms with Crippen molar-refractivity contribution in [3.8, 4) is 0 Å². The summed E-state index contributed by atoms with van der Waals surface area (Å²) >= 11 is 0. The van der Waals surface area contributed by atoms with E-state index >= 15 is 0 Å². The van der Waals surface area contributed by atoms with Gasteiger partial charge in [-0.1, -0.05) is 376 Å². The fourth-order valence-corrected chi connectivity index (χ4v) is 14.2.